The van der Waals surface area contributed by atoms with E-state index in [-0.39, 0.29) is 11.5 Å². The van der Waals surface area contributed by atoms with Crippen molar-refractivity contribution in [2.24, 2.45) is 4.99 Å². The topological polar surface area (TPSA) is 73.1 Å². The molecule has 0 aliphatic carbocycles. The summed E-state index contributed by atoms with van der Waals surface area (Å²) in [5.41, 5.74) is 2.54. The minimum atomic E-state index is -0.701. The zero-order valence-electron chi connectivity index (χ0n) is 23.4. The van der Waals surface area contributed by atoms with Gasteiger partial charge in [-0.25, -0.2) is 4.99 Å². The van der Waals surface area contributed by atoms with Crippen LogP contribution in [0.2, 0.25) is 0 Å². The normalized spacial score (nSPS) is 15.1. The molecule has 7 nitrogen and oxygen atoms in total. The summed E-state index contributed by atoms with van der Waals surface area (Å²) in [6.45, 7) is 9.39. The van der Waals surface area contributed by atoms with Crippen molar-refractivity contribution < 1.29 is 14.3 Å². The van der Waals surface area contributed by atoms with E-state index in [9.17, 15) is 9.59 Å². The molecule has 8 heteroatoms. The van der Waals surface area contributed by atoms with Gasteiger partial charge in [0.2, 0.25) is 0 Å². The maximum Gasteiger partial charge on any atom is 0.271 e. The van der Waals surface area contributed by atoms with E-state index in [0.717, 1.165) is 27.6 Å². The summed E-state index contributed by atoms with van der Waals surface area (Å²) in [4.78, 5) is 35.3. The van der Waals surface area contributed by atoms with Crippen molar-refractivity contribution in [3.63, 3.8) is 0 Å². The van der Waals surface area contributed by atoms with E-state index < -0.39 is 6.04 Å². The molecule has 1 aliphatic heterocycles. The molecule has 206 valence electrons. The molecule has 0 saturated heterocycles. The second kappa shape index (κ2) is 11.5. The third kappa shape index (κ3) is 4.84. The van der Waals surface area contributed by atoms with Gasteiger partial charge in [-0.1, -0.05) is 53.8 Å². The molecule has 1 amide bonds. The first kappa shape index (κ1) is 27.4. The van der Waals surface area contributed by atoms with Crippen LogP contribution < -0.4 is 24.4 Å². The number of carbonyl (C=O) groups is 1. The molecule has 0 bridgehead atoms. The van der Waals surface area contributed by atoms with Gasteiger partial charge < -0.3 is 14.4 Å². The van der Waals surface area contributed by atoms with Crippen molar-refractivity contribution >= 4 is 34.1 Å². The summed E-state index contributed by atoms with van der Waals surface area (Å²) >= 11 is 1.32. The smallest absolute Gasteiger partial charge is 0.271 e. The van der Waals surface area contributed by atoms with Gasteiger partial charge in [-0.2, -0.15) is 0 Å². The number of aromatic nitrogens is 1. The number of methoxy groups -OCH3 is 1. The van der Waals surface area contributed by atoms with Crippen LogP contribution in [-0.4, -0.2) is 42.2 Å². The fourth-order valence-corrected chi connectivity index (χ4v) is 6.31. The molecular formula is C32H33N3O4S. The Balaban J connectivity index is 1.79. The summed E-state index contributed by atoms with van der Waals surface area (Å²) in [5.74, 6) is 1.26. The summed E-state index contributed by atoms with van der Waals surface area (Å²) < 4.78 is 13.6. The lowest BCUT2D eigenvalue weighted by Gasteiger charge is -2.30. The van der Waals surface area contributed by atoms with Gasteiger partial charge in [0, 0.05) is 18.7 Å². The average Bonchev–Trinajstić information content (AvgIpc) is 3.27. The lowest BCUT2D eigenvalue weighted by Crippen LogP contribution is -2.43. The van der Waals surface area contributed by atoms with Gasteiger partial charge in [-0.15, -0.1) is 0 Å². The van der Waals surface area contributed by atoms with Crippen molar-refractivity contribution in [3.8, 4) is 11.5 Å². The van der Waals surface area contributed by atoms with Crippen LogP contribution in [0.4, 0.5) is 0 Å². The Hall–Kier alpha value is -4.17. The maximum absolute atomic E-state index is 14.2. The molecule has 0 fully saturated rings. The molecule has 1 aliphatic rings. The largest absolute Gasteiger partial charge is 0.496 e. The molecule has 0 saturated carbocycles. The standard InChI is InChI=1S/C32H33N3O4S/c1-6-34(7-2)31(37)27-20(4)33-32-35(29(27)28-24-12-10-9-11-22(24)15-18-25(28)38-5)30(36)26(40-32)19-21-13-16-23(17-14-21)39-8-3/h9-19,29H,6-8H2,1-5H3/b26-19+/t29-/m0/s1. The zero-order chi connectivity index (χ0) is 28.4. The first-order chi connectivity index (χ1) is 19.4. The molecule has 4 aromatic rings. The second-order valence-electron chi connectivity index (χ2n) is 9.46. The van der Waals surface area contributed by atoms with Crippen LogP contribution in [-0.2, 0) is 4.79 Å². The Morgan fingerprint density at radius 3 is 2.45 bits per heavy atom. The van der Waals surface area contributed by atoms with Crippen molar-refractivity contribution in [1.82, 2.24) is 9.47 Å². The van der Waals surface area contributed by atoms with Crippen molar-refractivity contribution in [1.29, 1.82) is 0 Å². The Kier molecular flexibility index (Phi) is 7.89. The van der Waals surface area contributed by atoms with Crippen molar-refractivity contribution in [3.05, 3.63) is 103 Å². The van der Waals surface area contributed by atoms with Crippen LogP contribution in [0.1, 0.15) is 44.9 Å². The number of rotatable bonds is 8. The van der Waals surface area contributed by atoms with Gasteiger partial charge in [0.15, 0.2) is 4.80 Å². The third-order valence-electron chi connectivity index (χ3n) is 7.22. The summed E-state index contributed by atoms with van der Waals surface area (Å²) in [5, 5.41) is 1.92. The van der Waals surface area contributed by atoms with Crippen LogP contribution in [0, 0.1) is 0 Å². The van der Waals surface area contributed by atoms with Gasteiger partial charge in [0.1, 0.15) is 17.5 Å². The minimum absolute atomic E-state index is 0.132. The van der Waals surface area contributed by atoms with E-state index in [0.29, 0.717) is 46.0 Å². The van der Waals surface area contributed by atoms with Gasteiger partial charge in [-0.3, -0.25) is 14.2 Å². The fourth-order valence-electron chi connectivity index (χ4n) is 5.26. The zero-order valence-corrected chi connectivity index (χ0v) is 24.2. The summed E-state index contributed by atoms with van der Waals surface area (Å²) in [6, 6.07) is 18.8. The summed E-state index contributed by atoms with van der Waals surface area (Å²) in [6.07, 6.45) is 1.86. The predicted octanol–water partition coefficient (Wildman–Crippen LogP) is 4.66. The van der Waals surface area contributed by atoms with Gasteiger partial charge in [-0.05, 0) is 68.3 Å². The number of benzene rings is 3. The van der Waals surface area contributed by atoms with Gasteiger partial charge >= 0.3 is 0 Å². The fraction of sp³-hybridized carbons (Fsp3) is 0.281. The average molecular weight is 556 g/mol. The van der Waals surface area contributed by atoms with E-state index in [2.05, 4.69) is 0 Å². The Bertz CT molecular complexity index is 1780. The molecule has 0 N–H and O–H groups in total. The number of carbonyl (C=O) groups excluding carboxylic acids is 1. The van der Waals surface area contributed by atoms with Crippen LogP contribution in [0.5, 0.6) is 11.5 Å². The molecule has 1 aromatic heterocycles. The number of thiazole rings is 1. The van der Waals surface area contributed by atoms with Crippen LogP contribution in [0.25, 0.3) is 16.8 Å². The molecular weight excluding hydrogens is 522 g/mol. The number of hydrogen-bond acceptors (Lipinski definition) is 6. The molecule has 5 rings (SSSR count). The highest BCUT2D eigenvalue weighted by atomic mass is 32.1. The Labute approximate surface area is 237 Å². The Morgan fingerprint density at radius 2 is 1.77 bits per heavy atom. The third-order valence-corrected chi connectivity index (χ3v) is 8.20. The van der Waals surface area contributed by atoms with Crippen LogP contribution >= 0.6 is 11.3 Å². The SMILES string of the molecule is CCOc1ccc(/C=c2/sc3n(c2=O)[C@H](c2c(OC)ccc4ccccc24)C(C(=O)N(CC)CC)=C(C)N=3)cc1. The maximum atomic E-state index is 14.2. The monoisotopic (exact) mass is 555 g/mol. The molecule has 3 aromatic carbocycles. The van der Waals surface area contributed by atoms with Crippen LogP contribution in [0.3, 0.4) is 0 Å². The molecule has 1 atom stereocenters. The summed E-state index contributed by atoms with van der Waals surface area (Å²) in [7, 11) is 1.62. The second-order valence-corrected chi connectivity index (χ2v) is 10.5. The highest BCUT2D eigenvalue weighted by Gasteiger charge is 2.36. The quantitative estimate of drug-likeness (QED) is 0.317. The molecule has 0 radical (unpaired) electrons. The predicted molar refractivity (Wildman–Crippen MR) is 160 cm³/mol. The van der Waals surface area contributed by atoms with E-state index in [4.69, 9.17) is 14.5 Å². The minimum Gasteiger partial charge on any atom is -0.496 e. The van der Waals surface area contributed by atoms with Gasteiger partial charge in [0.05, 0.1) is 29.5 Å². The molecule has 40 heavy (non-hydrogen) atoms. The number of nitrogens with zero attached hydrogens (tertiary/aromatic N) is 3. The Morgan fingerprint density at radius 1 is 1.05 bits per heavy atom. The number of fused-ring (bicyclic) bond motifs is 2. The number of allylic oxidation sites excluding steroid dienone is 1. The molecule has 2 heterocycles. The molecule has 0 spiro atoms. The van der Waals surface area contributed by atoms with Gasteiger partial charge in [0.25, 0.3) is 11.5 Å². The molecule has 0 unspecified atom stereocenters. The number of likely N-dealkylation sites (N-methyl/N-ethyl adjacent to an activating group) is 1. The first-order valence-electron chi connectivity index (χ1n) is 13.5. The lowest BCUT2D eigenvalue weighted by molar-refractivity contribution is -0.127. The first-order valence-corrected chi connectivity index (χ1v) is 14.3. The lowest BCUT2D eigenvalue weighted by atomic mass is 9.90. The number of amides is 1. The van der Waals surface area contributed by atoms with Crippen LogP contribution in [0.15, 0.2) is 81.7 Å². The number of ether oxygens (including phenoxy) is 2. The van der Waals surface area contributed by atoms with Crippen molar-refractivity contribution in [2.45, 2.75) is 33.7 Å². The highest BCUT2D eigenvalue weighted by molar-refractivity contribution is 7.07. The van der Waals surface area contributed by atoms with E-state index in [1.807, 2.05) is 94.4 Å². The van der Waals surface area contributed by atoms with Crippen molar-refractivity contribution in [2.75, 3.05) is 26.8 Å². The number of hydrogen-bond donors (Lipinski definition) is 0. The highest BCUT2D eigenvalue weighted by Crippen LogP contribution is 2.40. The van der Waals surface area contributed by atoms with E-state index in [1.54, 1.807) is 16.6 Å². The van der Waals surface area contributed by atoms with E-state index in [1.165, 1.54) is 11.3 Å². The van der Waals surface area contributed by atoms with E-state index >= 15 is 0 Å².